The van der Waals surface area contributed by atoms with Gasteiger partial charge in [0.05, 0.1) is 17.0 Å². The summed E-state index contributed by atoms with van der Waals surface area (Å²) in [7, 11) is -3.32. The number of halogens is 3. The second kappa shape index (κ2) is 5.85. The van der Waals surface area contributed by atoms with Gasteiger partial charge >= 0.3 is 0 Å². The van der Waals surface area contributed by atoms with Gasteiger partial charge in [-0.25, -0.2) is 21.6 Å². The average molecular weight is 312 g/mol. The highest BCUT2D eigenvalue weighted by molar-refractivity contribution is 7.89. The van der Waals surface area contributed by atoms with Crippen LogP contribution >= 0.6 is 12.2 Å². The fourth-order valence-electron chi connectivity index (χ4n) is 1.42. The van der Waals surface area contributed by atoms with Crippen molar-refractivity contribution >= 4 is 27.2 Å². The van der Waals surface area contributed by atoms with Gasteiger partial charge in [0.15, 0.2) is 0 Å². The van der Waals surface area contributed by atoms with Crippen LogP contribution in [0.4, 0.5) is 13.2 Å². The molecule has 0 atom stereocenters. The second-order valence-electron chi connectivity index (χ2n) is 3.65. The molecule has 0 radical (unpaired) electrons. The minimum absolute atomic E-state index is 0.425. The maximum absolute atomic E-state index is 13.6. The Balaban J connectivity index is 3.37. The summed E-state index contributed by atoms with van der Waals surface area (Å²) in [6.07, 6.45) is -2.85. The first kappa shape index (κ1) is 15.9. The summed E-state index contributed by atoms with van der Waals surface area (Å²) >= 11 is 4.59. The molecule has 0 aliphatic carbocycles. The Labute approximate surface area is 114 Å². The van der Waals surface area contributed by atoms with Gasteiger partial charge in [0.2, 0.25) is 10.0 Å². The van der Waals surface area contributed by atoms with Crippen LogP contribution in [-0.4, -0.2) is 37.7 Å². The van der Waals surface area contributed by atoms with E-state index in [1.165, 1.54) is 0 Å². The van der Waals surface area contributed by atoms with Crippen LogP contribution < -0.4 is 5.73 Å². The zero-order valence-corrected chi connectivity index (χ0v) is 11.4. The van der Waals surface area contributed by atoms with Gasteiger partial charge in [-0.2, -0.15) is 4.31 Å². The summed E-state index contributed by atoms with van der Waals surface area (Å²) < 4.78 is 62.6. The fraction of sp³-hybridized carbons (Fsp3) is 0.300. The molecule has 19 heavy (non-hydrogen) atoms. The summed E-state index contributed by atoms with van der Waals surface area (Å²) in [6, 6.07) is 3.19. The Hall–Kier alpha value is -1.19. The fourth-order valence-corrected chi connectivity index (χ4v) is 3.05. The molecule has 0 saturated heterocycles. The first-order valence-electron chi connectivity index (χ1n) is 5.00. The number of rotatable bonds is 5. The molecule has 0 spiro atoms. The minimum atomic E-state index is -4.29. The van der Waals surface area contributed by atoms with E-state index in [1.807, 2.05) is 0 Å². The first-order valence-corrected chi connectivity index (χ1v) is 6.85. The van der Waals surface area contributed by atoms with E-state index < -0.39 is 44.3 Å². The third-order valence-corrected chi connectivity index (χ3v) is 4.37. The summed E-state index contributed by atoms with van der Waals surface area (Å²) in [5.41, 5.74) is 4.80. The monoisotopic (exact) mass is 312 g/mol. The Bertz CT molecular complexity index is 590. The summed E-state index contributed by atoms with van der Waals surface area (Å²) in [6.45, 7) is -1.00. The van der Waals surface area contributed by atoms with Crippen LogP contribution in [0.15, 0.2) is 23.1 Å². The predicted octanol–water partition coefficient (Wildman–Crippen LogP) is 1.35. The molecule has 1 aromatic carbocycles. The third kappa shape index (κ3) is 3.43. The number of hydrogen-bond donors (Lipinski definition) is 1. The highest BCUT2D eigenvalue weighted by atomic mass is 32.2. The molecular weight excluding hydrogens is 301 g/mol. The van der Waals surface area contributed by atoms with E-state index >= 15 is 0 Å². The Kier molecular flexibility index (Phi) is 4.88. The van der Waals surface area contributed by atoms with Gasteiger partial charge in [-0.1, -0.05) is 18.3 Å². The topological polar surface area (TPSA) is 63.4 Å². The lowest BCUT2D eigenvalue weighted by atomic mass is 10.2. The Morgan fingerprint density at radius 2 is 2.05 bits per heavy atom. The number of hydrogen-bond acceptors (Lipinski definition) is 3. The Morgan fingerprint density at radius 1 is 1.47 bits per heavy atom. The smallest absolute Gasteiger partial charge is 0.252 e. The lowest BCUT2D eigenvalue weighted by Gasteiger charge is -2.18. The van der Waals surface area contributed by atoms with Crippen molar-refractivity contribution in [3.8, 4) is 0 Å². The molecule has 0 fully saturated rings. The van der Waals surface area contributed by atoms with E-state index in [2.05, 4.69) is 12.2 Å². The molecular formula is C10H11F3N2O2S2. The van der Waals surface area contributed by atoms with Gasteiger partial charge in [-0.3, -0.25) is 0 Å². The number of nitrogens with two attached hydrogens (primary N) is 1. The molecule has 106 valence electrons. The van der Waals surface area contributed by atoms with Gasteiger partial charge in [-0.05, 0) is 12.1 Å². The largest absolute Gasteiger partial charge is 0.389 e. The number of benzene rings is 1. The molecule has 0 aliphatic heterocycles. The highest BCUT2D eigenvalue weighted by Gasteiger charge is 2.28. The number of alkyl halides is 2. The quantitative estimate of drug-likeness (QED) is 0.834. The van der Waals surface area contributed by atoms with E-state index in [4.69, 9.17) is 5.73 Å². The highest BCUT2D eigenvalue weighted by Crippen LogP contribution is 2.22. The molecule has 1 aromatic rings. The van der Waals surface area contributed by atoms with E-state index in [-0.39, 0.29) is 0 Å². The van der Waals surface area contributed by atoms with Crippen molar-refractivity contribution in [3.05, 3.63) is 29.6 Å². The average Bonchev–Trinajstić information content (AvgIpc) is 2.26. The van der Waals surface area contributed by atoms with Crippen molar-refractivity contribution in [2.24, 2.45) is 5.73 Å². The zero-order chi connectivity index (χ0) is 14.8. The van der Waals surface area contributed by atoms with Gasteiger partial charge in [0.25, 0.3) is 6.43 Å². The third-order valence-electron chi connectivity index (χ3n) is 2.31. The first-order chi connectivity index (χ1) is 8.67. The zero-order valence-electron chi connectivity index (χ0n) is 9.81. The van der Waals surface area contributed by atoms with Gasteiger partial charge in [0, 0.05) is 7.05 Å². The molecule has 0 aliphatic rings. The van der Waals surface area contributed by atoms with E-state index in [9.17, 15) is 21.6 Å². The number of sulfonamides is 1. The normalized spacial score (nSPS) is 12.1. The van der Waals surface area contributed by atoms with Gasteiger partial charge in [-0.15, -0.1) is 0 Å². The summed E-state index contributed by atoms with van der Waals surface area (Å²) in [5, 5.41) is 0. The second-order valence-corrected chi connectivity index (χ2v) is 6.11. The van der Waals surface area contributed by atoms with Crippen LogP contribution in [0.5, 0.6) is 0 Å². The van der Waals surface area contributed by atoms with E-state index in [1.54, 1.807) is 0 Å². The molecule has 0 heterocycles. The maximum atomic E-state index is 13.6. The van der Waals surface area contributed by atoms with Crippen LogP contribution in [0.25, 0.3) is 0 Å². The number of thiocarbonyl (C=S) groups is 1. The van der Waals surface area contributed by atoms with Crippen LogP contribution in [0.1, 0.15) is 5.56 Å². The molecule has 2 N–H and O–H groups in total. The summed E-state index contributed by atoms with van der Waals surface area (Å²) in [4.78, 5) is -0.981. The molecule has 0 unspecified atom stereocenters. The lowest BCUT2D eigenvalue weighted by Crippen LogP contribution is -2.33. The molecule has 0 aromatic heterocycles. The molecule has 0 amide bonds. The van der Waals surface area contributed by atoms with Crippen molar-refractivity contribution in [2.45, 2.75) is 11.3 Å². The van der Waals surface area contributed by atoms with Crippen LogP contribution in [0, 0.1) is 5.82 Å². The minimum Gasteiger partial charge on any atom is -0.389 e. The SMILES string of the molecule is CN(CC(F)F)S(=O)(=O)c1cccc(F)c1C(N)=S. The van der Waals surface area contributed by atoms with Crippen molar-refractivity contribution in [1.82, 2.24) is 4.31 Å². The number of nitrogens with zero attached hydrogens (tertiary/aromatic N) is 1. The molecule has 0 saturated carbocycles. The molecule has 9 heteroatoms. The molecule has 0 bridgehead atoms. The van der Waals surface area contributed by atoms with Crippen LogP contribution in [0.3, 0.4) is 0 Å². The van der Waals surface area contributed by atoms with E-state index in [0.29, 0.717) is 4.31 Å². The predicted molar refractivity (Wildman–Crippen MR) is 68.1 cm³/mol. The van der Waals surface area contributed by atoms with Crippen molar-refractivity contribution in [1.29, 1.82) is 0 Å². The van der Waals surface area contributed by atoms with E-state index in [0.717, 1.165) is 25.2 Å². The van der Waals surface area contributed by atoms with Crippen molar-refractivity contribution in [2.75, 3.05) is 13.6 Å². The maximum Gasteiger partial charge on any atom is 0.252 e. The van der Waals surface area contributed by atoms with Crippen molar-refractivity contribution < 1.29 is 21.6 Å². The standard InChI is InChI=1S/C10H11F3N2O2S2/c1-15(5-8(12)13)19(16,17)7-4-2-3-6(11)9(7)10(14)18/h2-4,8H,5H2,1H3,(H2,14,18). The Morgan fingerprint density at radius 3 is 2.53 bits per heavy atom. The van der Waals surface area contributed by atoms with Crippen molar-refractivity contribution in [3.63, 3.8) is 0 Å². The van der Waals surface area contributed by atoms with Crippen LogP contribution in [-0.2, 0) is 10.0 Å². The lowest BCUT2D eigenvalue weighted by molar-refractivity contribution is 0.126. The van der Waals surface area contributed by atoms with Crippen LogP contribution in [0.2, 0.25) is 0 Å². The van der Waals surface area contributed by atoms with Gasteiger partial charge in [0.1, 0.15) is 10.8 Å². The molecule has 4 nitrogen and oxygen atoms in total. The van der Waals surface area contributed by atoms with Gasteiger partial charge < -0.3 is 5.73 Å². The molecule has 1 rings (SSSR count). The summed E-state index contributed by atoms with van der Waals surface area (Å²) in [5.74, 6) is -0.918.